The molecule has 0 spiro atoms. The maximum absolute atomic E-state index is 11.4. The normalized spacial score (nSPS) is 14.4. The van der Waals surface area contributed by atoms with Crippen molar-refractivity contribution in [1.82, 2.24) is 4.98 Å². The predicted octanol–water partition coefficient (Wildman–Crippen LogP) is 5.68. The van der Waals surface area contributed by atoms with Gasteiger partial charge >= 0.3 is 0 Å². The molecule has 0 aliphatic rings. The van der Waals surface area contributed by atoms with Gasteiger partial charge in [-0.15, -0.1) is 0 Å². The first-order valence-electron chi connectivity index (χ1n) is 9.65. The second-order valence-corrected chi connectivity index (χ2v) is 6.73. The molecule has 0 saturated heterocycles. The van der Waals surface area contributed by atoms with Crippen molar-refractivity contribution in [3.05, 3.63) is 133 Å². The number of aliphatic hydroxyl groups is 1. The molecule has 1 heterocycles. The lowest BCUT2D eigenvalue weighted by molar-refractivity contribution is 0.169. The summed E-state index contributed by atoms with van der Waals surface area (Å²) in [4.78, 5) is 4.58. The lowest BCUT2D eigenvalue weighted by atomic mass is 9.82. The number of rotatable bonds is 9. The summed E-state index contributed by atoms with van der Waals surface area (Å²) in [5.74, 6) is -0.344. The van der Waals surface area contributed by atoms with Crippen molar-refractivity contribution in [2.24, 2.45) is 0 Å². The Morgan fingerprint density at radius 3 is 2.14 bits per heavy atom. The Morgan fingerprint density at radius 2 is 1.55 bits per heavy atom. The highest BCUT2D eigenvalue weighted by Gasteiger charge is 2.33. The van der Waals surface area contributed by atoms with Crippen LogP contribution in [-0.4, -0.2) is 16.2 Å². The van der Waals surface area contributed by atoms with Crippen molar-refractivity contribution in [3.63, 3.8) is 0 Å². The van der Waals surface area contributed by atoms with Gasteiger partial charge in [-0.25, -0.2) is 0 Å². The third kappa shape index (κ3) is 5.09. The number of hydrogen-bond donors (Lipinski definition) is 2. The van der Waals surface area contributed by atoms with E-state index >= 15 is 0 Å². The van der Waals surface area contributed by atoms with E-state index < -0.39 is 6.10 Å². The molecule has 0 saturated carbocycles. The predicted molar refractivity (Wildman–Crippen MR) is 121 cm³/mol. The number of nitrogens with zero attached hydrogens (tertiary/aromatic N) is 1. The Balaban J connectivity index is 2.12. The first kappa shape index (κ1) is 20.3. The third-order valence-corrected chi connectivity index (χ3v) is 4.87. The maximum atomic E-state index is 11.4. The first-order valence-corrected chi connectivity index (χ1v) is 9.65. The average Bonchev–Trinajstić information content (AvgIpc) is 2.79. The van der Waals surface area contributed by atoms with Crippen LogP contribution in [0.4, 0.5) is 5.69 Å². The molecule has 146 valence electrons. The number of hydrogen-bond acceptors (Lipinski definition) is 3. The molecule has 0 aliphatic carbocycles. The Hall–Kier alpha value is -3.43. The number of nitrogens with one attached hydrogen (secondary N) is 1. The summed E-state index contributed by atoms with van der Waals surface area (Å²) in [7, 11) is 0. The SMILES string of the molecule is C=C/C=C(\C=C)C(O)C(c1ccccn1)C(Nc1ccccc1)c1ccccc1. The number of pyridine rings is 1. The molecule has 0 amide bonds. The van der Waals surface area contributed by atoms with Gasteiger partial charge in [-0.1, -0.05) is 86.0 Å². The minimum Gasteiger partial charge on any atom is -0.388 e. The second kappa shape index (κ2) is 10.2. The quantitative estimate of drug-likeness (QED) is 0.468. The molecule has 0 radical (unpaired) electrons. The van der Waals surface area contributed by atoms with Gasteiger partial charge in [0.15, 0.2) is 0 Å². The third-order valence-electron chi connectivity index (χ3n) is 4.87. The fourth-order valence-corrected chi connectivity index (χ4v) is 3.47. The fraction of sp³-hybridized carbons (Fsp3) is 0.115. The maximum Gasteiger partial charge on any atom is 0.0896 e. The van der Waals surface area contributed by atoms with Crippen LogP contribution in [0.25, 0.3) is 0 Å². The van der Waals surface area contributed by atoms with E-state index in [4.69, 9.17) is 0 Å². The molecule has 3 nitrogen and oxygen atoms in total. The lowest BCUT2D eigenvalue weighted by Gasteiger charge is -2.33. The van der Waals surface area contributed by atoms with E-state index in [0.717, 1.165) is 16.9 Å². The molecule has 3 aromatic rings. The Morgan fingerprint density at radius 1 is 0.897 bits per heavy atom. The molecular formula is C26H26N2O. The van der Waals surface area contributed by atoms with Crippen LogP contribution >= 0.6 is 0 Å². The lowest BCUT2D eigenvalue weighted by Crippen LogP contribution is -2.31. The van der Waals surface area contributed by atoms with E-state index in [1.807, 2.05) is 66.7 Å². The van der Waals surface area contributed by atoms with Gasteiger partial charge in [-0.2, -0.15) is 0 Å². The Bertz CT molecular complexity index is 936. The van der Waals surface area contributed by atoms with Gasteiger partial charge in [0.25, 0.3) is 0 Å². The van der Waals surface area contributed by atoms with Crippen molar-refractivity contribution in [1.29, 1.82) is 0 Å². The summed E-state index contributed by atoms with van der Waals surface area (Å²) < 4.78 is 0. The molecule has 3 unspecified atom stereocenters. The zero-order valence-corrected chi connectivity index (χ0v) is 16.4. The van der Waals surface area contributed by atoms with Gasteiger partial charge in [-0.05, 0) is 35.4 Å². The first-order chi connectivity index (χ1) is 14.2. The van der Waals surface area contributed by atoms with E-state index in [9.17, 15) is 5.11 Å². The van der Waals surface area contributed by atoms with E-state index in [2.05, 4.69) is 35.6 Å². The minimum atomic E-state index is -0.818. The highest BCUT2D eigenvalue weighted by atomic mass is 16.3. The number of aliphatic hydroxyl groups excluding tert-OH is 1. The molecule has 3 rings (SSSR count). The molecule has 2 N–H and O–H groups in total. The van der Waals surface area contributed by atoms with Gasteiger partial charge in [0.1, 0.15) is 0 Å². The van der Waals surface area contributed by atoms with Gasteiger partial charge in [0.05, 0.1) is 18.1 Å². The minimum absolute atomic E-state index is 0.211. The number of allylic oxidation sites excluding steroid dienone is 2. The molecule has 0 aliphatic heterocycles. The summed E-state index contributed by atoms with van der Waals surface area (Å²) in [6, 6.07) is 25.7. The fourth-order valence-electron chi connectivity index (χ4n) is 3.47. The summed E-state index contributed by atoms with van der Waals surface area (Å²) in [5, 5.41) is 15.0. The number of anilines is 1. The van der Waals surface area contributed by atoms with Crippen LogP contribution < -0.4 is 5.32 Å². The van der Waals surface area contributed by atoms with E-state index in [-0.39, 0.29) is 12.0 Å². The van der Waals surface area contributed by atoms with Crippen molar-refractivity contribution in [2.75, 3.05) is 5.32 Å². The number of aromatic nitrogens is 1. The molecule has 29 heavy (non-hydrogen) atoms. The van der Waals surface area contributed by atoms with Crippen LogP contribution in [0.2, 0.25) is 0 Å². The second-order valence-electron chi connectivity index (χ2n) is 6.73. The topological polar surface area (TPSA) is 45.2 Å². The summed E-state index contributed by atoms with van der Waals surface area (Å²) in [6.45, 7) is 7.64. The van der Waals surface area contributed by atoms with Crippen LogP contribution in [0, 0.1) is 0 Å². The molecule has 0 fully saturated rings. The zero-order valence-electron chi connectivity index (χ0n) is 16.4. The molecular weight excluding hydrogens is 356 g/mol. The van der Waals surface area contributed by atoms with Crippen LogP contribution in [0.5, 0.6) is 0 Å². The smallest absolute Gasteiger partial charge is 0.0896 e. The highest BCUT2D eigenvalue weighted by molar-refractivity contribution is 5.47. The van der Waals surface area contributed by atoms with Gasteiger partial charge in [-0.3, -0.25) is 4.98 Å². The highest BCUT2D eigenvalue weighted by Crippen LogP contribution is 2.38. The van der Waals surface area contributed by atoms with Gasteiger partial charge < -0.3 is 10.4 Å². The van der Waals surface area contributed by atoms with Crippen molar-refractivity contribution in [2.45, 2.75) is 18.1 Å². The van der Waals surface area contributed by atoms with Crippen LogP contribution in [0.1, 0.15) is 23.2 Å². The summed E-state index contributed by atoms with van der Waals surface area (Å²) in [5.41, 5.74) is 3.54. The average molecular weight is 383 g/mol. The molecule has 3 heteroatoms. The van der Waals surface area contributed by atoms with E-state index in [0.29, 0.717) is 5.57 Å². The van der Waals surface area contributed by atoms with Crippen LogP contribution in [0.15, 0.2) is 122 Å². The van der Waals surface area contributed by atoms with Gasteiger partial charge in [0.2, 0.25) is 0 Å². The van der Waals surface area contributed by atoms with E-state index in [1.165, 1.54) is 0 Å². The summed E-state index contributed by atoms with van der Waals surface area (Å²) >= 11 is 0. The van der Waals surface area contributed by atoms with Crippen molar-refractivity contribution < 1.29 is 5.11 Å². The molecule has 0 bridgehead atoms. The standard InChI is InChI=1S/C26H26N2O/c1-3-13-20(4-2)26(29)24(23-18-11-12-19-27-23)25(21-14-7-5-8-15-21)28-22-16-9-6-10-17-22/h3-19,24-26,28-29H,1-2H2/b20-13+. The van der Waals surface area contributed by atoms with Crippen molar-refractivity contribution >= 4 is 5.69 Å². The van der Waals surface area contributed by atoms with Crippen molar-refractivity contribution in [3.8, 4) is 0 Å². The van der Waals surface area contributed by atoms with Crippen LogP contribution in [0.3, 0.4) is 0 Å². The summed E-state index contributed by atoms with van der Waals surface area (Å²) in [6.07, 6.45) is 6.06. The Labute approximate surface area is 172 Å². The van der Waals surface area contributed by atoms with Gasteiger partial charge in [0, 0.05) is 17.6 Å². The monoisotopic (exact) mass is 382 g/mol. The molecule has 3 atom stereocenters. The molecule has 2 aromatic carbocycles. The Kier molecular flexibility index (Phi) is 7.15. The van der Waals surface area contributed by atoms with Crippen LogP contribution in [-0.2, 0) is 0 Å². The molecule has 1 aromatic heterocycles. The number of para-hydroxylation sites is 1. The van der Waals surface area contributed by atoms with E-state index in [1.54, 1.807) is 24.4 Å². The number of benzene rings is 2. The largest absolute Gasteiger partial charge is 0.388 e. The zero-order chi connectivity index (χ0) is 20.5.